The van der Waals surface area contributed by atoms with Crippen LogP contribution in [0.2, 0.25) is 0 Å². The van der Waals surface area contributed by atoms with Crippen molar-refractivity contribution in [3.05, 3.63) is 40.7 Å². The molecule has 0 aliphatic carbocycles. The van der Waals surface area contributed by atoms with Gasteiger partial charge in [-0.1, -0.05) is 55.9 Å². The second-order valence-electron chi connectivity index (χ2n) is 4.97. The molecule has 1 aromatic carbocycles. The van der Waals surface area contributed by atoms with Crippen molar-refractivity contribution in [3.8, 4) is 17.0 Å². The van der Waals surface area contributed by atoms with E-state index in [9.17, 15) is 9.90 Å². The van der Waals surface area contributed by atoms with Crippen LogP contribution in [0.5, 0.6) is 5.88 Å². The first-order chi connectivity index (χ1) is 9.58. The zero-order valence-electron chi connectivity index (χ0n) is 11.6. The van der Waals surface area contributed by atoms with Gasteiger partial charge in [0.25, 0.3) is 5.56 Å². The van der Waals surface area contributed by atoms with Crippen LogP contribution >= 0.6 is 11.8 Å². The quantitative estimate of drug-likeness (QED) is 0.655. The fourth-order valence-corrected chi connectivity index (χ4v) is 2.86. The SMILES string of the molecule is CC(C)CCSc1nc(O)c(-c2ccccc2)c(=O)[nH]1. The molecule has 1 heterocycles. The average Bonchev–Trinajstić information content (AvgIpc) is 2.38. The molecule has 0 aliphatic rings. The number of aromatic nitrogens is 2. The van der Waals surface area contributed by atoms with Crippen molar-refractivity contribution in [2.24, 2.45) is 5.92 Å². The molecular formula is C15H18N2O2S. The van der Waals surface area contributed by atoms with Gasteiger partial charge in [-0.3, -0.25) is 4.79 Å². The molecule has 0 spiro atoms. The number of aromatic amines is 1. The molecular weight excluding hydrogens is 272 g/mol. The van der Waals surface area contributed by atoms with E-state index in [1.54, 1.807) is 12.1 Å². The lowest BCUT2D eigenvalue weighted by atomic mass is 10.1. The lowest BCUT2D eigenvalue weighted by Gasteiger charge is -2.06. The van der Waals surface area contributed by atoms with E-state index in [1.807, 2.05) is 18.2 Å². The van der Waals surface area contributed by atoms with Crippen molar-refractivity contribution in [1.82, 2.24) is 9.97 Å². The van der Waals surface area contributed by atoms with Crippen molar-refractivity contribution in [2.45, 2.75) is 25.4 Å². The summed E-state index contributed by atoms with van der Waals surface area (Å²) in [5, 5.41) is 10.5. The summed E-state index contributed by atoms with van der Waals surface area (Å²) in [7, 11) is 0. The molecule has 0 fully saturated rings. The van der Waals surface area contributed by atoms with Crippen LogP contribution < -0.4 is 5.56 Å². The summed E-state index contributed by atoms with van der Waals surface area (Å²) in [6.07, 6.45) is 1.04. The second-order valence-corrected chi connectivity index (χ2v) is 6.05. The van der Waals surface area contributed by atoms with Crippen LogP contribution in [0.1, 0.15) is 20.3 Å². The highest BCUT2D eigenvalue weighted by atomic mass is 32.2. The number of rotatable bonds is 5. The Kier molecular flexibility index (Phi) is 4.84. The zero-order chi connectivity index (χ0) is 14.5. The number of hydrogen-bond donors (Lipinski definition) is 2. The first-order valence-corrected chi connectivity index (χ1v) is 7.58. The normalized spacial score (nSPS) is 10.9. The molecule has 0 saturated carbocycles. The first-order valence-electron chi connectivity index (χ1n) is 6.59. The summed E-state index contributed by atoms with van der Waals surface area (Å²) in [4.78, 5) is 18.9. The Morgan fingerprint density at radius 2 is 2.00 bits per heavy atom. The summed E-state index contributed by atoms with van der Waals surface area (Å²) in [6, 6.07) is 9.05. The zero-order valence-corrected chi connectivity index (χ0v) is 12.4. The van der Waals surface area contributed by atoms with Crippen LogP contribution in [0.25, 0.3) is 11.1 Å². The molecule has 0 unspecified atom stereocenters. The monoisotopic (exact) mass is 290 g/mol. The number of H-pyrrole nitrogens is 1. The van der Waals surface area contributed by atoms with Crippen molar-refractivity contribution in [1.29, 1.82) is 0 Å². The highest BCUT2D eigenvalue weighted by molar-refractivity contribution is 7.99. The molecule has 0 bridgehead atoms. The van der Waals surface area contributed by atoms with Gasteiger partial charge in [-0.05, 0) is 17.9 Å². The van der Waals surface area contributed by atoms with Gasteiger partial charge in [0.2, 0.25) is 5.88 Å². The predicted octanol–water partition coefficient (Wildman–Crippen LogP) is 3.28. The Morgan fingerprint density at radius 1 is 1.30 bits per heavy atom. The van der Waals surface area contributed by atoms with Crippen LogP contribution in [0.15, 0.2) is 40.3 Å². The fraction of sp³-hybridized carbons (Fsp3) is 0.333. The number of nitrogens with one attached hydrogen (secondary N) is 1. The molecule has 1 aromatic heterocycles. The van der Waals surface area contributed by atoms with Gasteiger partial charge >= 0.3 is 0 Å². The molecule has 0 amide bonds. The van der Waals surface area contributed by atoms with Gasteiger partial charge in [0.05, 0.1) is 0 Å². The van der Waals surface area contributed by atoms with Gasteiger partial charge in [-0.15, -0.1) is 0 Å². The van der Waals surface area contributed by atoms with E-state index >= 15 is 0 Å². The third kappa shape index (κ3) is 3.63. The minimum Gasteiger partial charge on any atom is -0.493 e. The Labute approximate surface area is 122 Å². The summed E-state index contributed by atoms with van der Waals surface area (Å²) < 4.78 is 0. The minimum absolute atomic E-state index is 0.216. The Morgan fingerprint density at radius 3 is 2.60 bits per heavy atom. The lowest BCUT2D eigenvalue weighted by Crippen LogP contribution is -2.12. The van der Waals surface area contributed by atoms with Crippen molar-refractivity contribution >= 4 is 11.8 Å². The standard InChI is InChI=1S/C15H18N2O2S/c1-10(2)8-9-20-15-16-13(18)12(14(19)17-15)11-6-4-3-5-7-11/h3-7,10H,8-9H2,1-2H3,(H2,16,17,18,19). The van der Waals surface area contributed by atoms with Crippen LogP contribution in [0.3, 0.4) is 0 Å². The largest absolute Gasteiger partial charge is 0.493 e. The molecule has 0 atom stereocenters. The molecule has 4 nitrogen and oxygen atoms in total. The lowest BCUT2D eigenvalue weighted by molar-refractivity contribution is 0.446. The number of aromatic hydroxyl groups is 1. The molecule has 2 aromatic rings. The third-order valence-corrected chi connectivity index (χ3v) is 3.78. The molecule has 2 rings (SSSR count). The van der Waals surface area contributed by atoms with E-state index in [2.05, 4.69) is 23.8 Å². The van der Waals surface area contributed by atoms with Crippen molar-refractivity contribution < 1.29 is 5.11 Å². The number of nitrogens with zero attached hydrogens (tertiary/aromatic N) is 1. The molecule has 20 heavy (non-hydrogen) atoms. The number of thioether (sulfide) groups is 1. The van der Waals surface area contributed by atoms with Gasteiger partial charge in [-0.2, -0.15) is 4.98 Å². The molecule has 2 N–H and O–H groups in total. The van der Waals surface area contributed by atoms with E-state index in [0.29, 0.717) is 16.6 Å². The van der Waals surface area contributed by atoms with Crippen molar-refractivity contribution in [2.75, 3.05) is 5.75 Å². The van der Waals surface area contributed by atoms with E-state index < -0.39 is 0 Å². The van der Waals surface area contributed by atoms with E-state index in [4.69, 9.17) is 0 Å². The van der Waals surface area contributed by atoms with Gasteiger partial charge in [0.1, 0.15) is 5.56 Å². The third-order valence-electron chi connectivity index (χ3n) is 2.88. The minimum atomic E-state index is -0.309. The number of hydrogen-bond acceptors (Lipinski definition) is 4. The van der Waals surface area contributed by atoms with Gasteiger partial charge in [0, 0.05) is 5.75 Å². The van der Waals surface area contributed by atoms with E-state index in [1.165, 1.54) is 11.8 Å². The predicted molar refractivity (Wildman–Crippen MR) is 82.1 cm³/mol. The summed E-state index contributed by atoms with van der Waals surface area (Å²) in [6.45, 7) is 4.29. The smallest absolute Gasteiger partial charge is 0.263 e. The maximum Gasteiger partial charge on any atom is 0.263 e. The van der Waals surface area contributed by atoms with Crippen molar-refractivity contribution in [3.63, 3.8) is 0 Å². The average molecular weight is 290 g/mol. The number of benzene rings is 1. The maximum atomic E-state index is 12.1. The summed E-state index contributed by atoms with van der Waals surface area (Å²) in [5.41, 5.74) is 0.576. The highest BCUT2D eigenvalue weighted by Gasteiger charge is 2.12. The Balaban J connectivity index is 2.24. The van der Waals surface area contributed by atoms with Crippen LogP contribution in [-0.4, -0.2) is 20.8 Å². The van der Waals surface area contributed by atoms with Crippen LogP contribution in [0, 0.1) is 5.92 Å². The van der Waals surface area contributed by atoms with E-state index in [0.717, 1.165) is 12.2 Å². The summed E-state index contributed by atoms with van der Waals surface area (Å²) in [5.74, 6) is 1.25. The second kappa shape index (κ2) is 6.61. The van der Waals surface area contributed by atoms with Gasteiger partial charge in [0.15, 0.2) is 5.16 Å². The molecule has 5 heteroatoms. The van der Waals surface area contributed by atoms with Crippen LogP contribution in [0.4, 0.5) is 0 Å². The highest BCUT2D eigenvalue weighted by Crippen LogP contribution is 2.25. The summed E-state index contributed by atoms with van der Waals surface area (Å²) >= 11 is 1.45. The van der Waals surface area contributed by atoms with Crippen LogP contribution in [-0.2, 0) is 0 Å². The molecule has 106 valence electrons. The van der Waals surface area contributed by atoms with Gasteiger partial charge in [-0.25, -0.2) is 0 Å². The Hall–Kier alpha value is -1.75. The fourth-order valence-electron chi connectivity index (χ4n) is 1.77. The Bertz CT molecular complexity index is 624. The molecule has 0 saturated heterocycles. The van der Waals surface area contributed by atoms with Gasteiger partial charge < -0.3 is 10.1 Å². The topological polar surface area (TPSA) is 66.0 Å². The maximum absolute atomic E-state index is 12.1. The first kappa shape index (κ1) is 14.7. The molecule has 0 aliphatic heterocycles. The van der Waals surface area contributed by atoms with E-state index in [-0.39, 0.29) is 17.0 Å². The molecule has 0 radical (unpaired) electrons.